The molecule has 7 aromatic rings. The van der Waals surface area contributed by atoms with Gasteiger partial charge in [-0.05, 0) is 48.5 Å². The first-order valence-corrected chi connectivity index (χ1v) is 13.8. The summed E-state index contributed by atoms with van der Waals surface area (Å²) >= 11 is 0. The molecule has 46 heavy (non-hydrogen) atoms. The SMILES string of the molecule is COC(=O)c1n[nH]c2ccc(N)cc12.COC(=O)c1n[nH]c2ccc(Nc3nccc(Oc4ccc(N)c5ccccc45)n3)cc12. The van der Waals surface area contributed by atoms with Crippen LogP contribution >= 0.6 is 0 Å². The number of nitrogens with two attached hydrogens (primary N) is 2. The maximum atomic E-state index is 11.9. The number of rotatable bonds is 6. The lowest BCUT2D eigenvalue weighted by Gasteiger charge is -2.11. The van der Waals surface area contributed by atoms with Crippen molar-refractivity contribution in [1.82, 2.24) is 30.4 Å². The van der Waals surface area contributed by atoms with Crippen molar-refractivity contribution in [3.8, 4) is 11.6 Å². The van der Waals surface area contributed by atoms with Gasteiger partial charge < -0.3 is 31.0 Å². The second-order valence-corrected chi connectivity index (χ2v) is 9.84. The molecule has 7 rings (SSSR count). The van der Waals surface area contributed by atoms with Crippen LogP contribution in [0.25, 0.3) is 32.6 Å². The number of aromatic amines is 2. The number of methoxy groups -OCH3 is 2. The minimum atomic E-state index is -0.518. The summed E-state index contributed by atoms with van der Waals surface area (Å²) in [5.41, 5.74) is 15.6. The molecule has 14 heteroatoms. The molecule has 0 spiro atoms. The Labute approximate surface area is 260 Å². The first-order valence-electron chi connectivity index (χ1n) is 13.8. The smallest absolute Gasteiger partial charge is 0.359 e. The minimum absolute atomic E-state index is 0.208. The van der Waals surface area contributed by atoms with E-state index in [0.29, 0.717) is 50.9 Å². The van der Waals surface area contributed by atoms with E-state index in [1.54, 1.807) is 48.7 Å². The number of anilines is 4. The number of hydrogen-bond acceptors (Lipinski definition) is 12. The average Bonchev–Trinajstić information content (AvgIpc) is 3.70. The minimum Gasteiger partial charge on any atom is -0.464 e. The van der Waals surface area contributed by atoms with Crippen molar-refractivity contribution in [2.75, 3.05) is 31.0 Å². The summed E-state index contributed by atoms with van der Waals surface area (Å²) in [7, 11) is 2.63. The van der Waals surface area contributed by atoms with E-state index in [1.807, 2.05) is 36.4 Å². The first-order chi connectivity index (χ1) is 22.3. The van der Waals surface area contributed by atoms with Gasteiger partial charge in [0.05, 0.1) is 25.3 Å². The van der Waals surface area contributed by atoms with Gasteiger partial charge in [-0.3, -0.25) is 10.2 Å². The third-order valence-corrected chi connectivity index (χ3v) is 6.93. The van der Waals surface area contributed by atoms with Crippen LogP contribution in [0.15, 0.2) is 85.1 Å². The molecule has 0 unspecified atom stereocenters. The van der Waals surface area contributed by atoms with Gasteiger partial charge in [0, 0.05) is 50.9 Å². The van der Waals surface area contributed by atoms with E-state index in [4.69, 9.17) is 20.9 Å². The number of nitrogens with one attached hydrogen (secondary N) is 3. The summed E-state index contributed by atoms with van der Waals surface area (Å²) in [5, 5.41) is 19.6. The van der Waals surface area contributed by atoms with Gasteiger partial charge in [-0.2, -0.15) is 15.2 Å². The van der Waals surface area contributed by atoms with E-state index in [1.165, 1.54) is 14.2 Å². The zero-order valence-corrected chi connectivity index (χ0v) is 24.6. The Bertz CT molecular complexity index is 2230. The van der Waals surface area contributed by atoms with E-state index < -0.39 is 11.9 Å². The second kappa shape index (κ2) is 12.5. The molecule has 0 aliphatic carbocycles. The third-order valence-electron chi connectivity index (χ3n) is 6.93. The van der Waals surface area contributed by atoms with Crippen molar-refractivity contribution >= 4 is 67.5 Å². The van der Waals surface area contributed by atoms with Crippen molar-refractivity contribution in [2.45, 2.75) is 0 Å². The monoisotopic (exact) mass is 617 g/mol. The fourth-order valence-electron chi connectivity index (χ4n) is 4.71. The zero-order valence-electron chi connectivity index (χ0n) is 24.6. The molecule has 0 aliphatic heterocycles. The summed E-state index contributed by atoms with van der Waals surface area (Å²) in [6.45, 7) is 0. The maximum absolute atomic E-state index is 11.9. The second-order valence-electron chi connectivity index (χ2n) is 9.84. The Balaban J connectivity index is 0.000000221. The maximum Gasteiger partial charge on any atom is 0.359 e. The molecular weight excluding hydrogens is 590 g/mol. The van der Waals surface area contributed by atoms with E-state index >= 15 is 0 Å². The van der Waals surface area contributed by atoms with Crippen molar-refractivity contribution in [3.05, 3.63) is 96.4 Å². The lowest BCUT2D eigenvalue weighted by atomic mass is 10.1. The van der Waals surface area contributed by atoms with Crippen LogP contribution < -0.4 is 21.5 Å². The van der Waals surface area contributed by atoms with E-state index in [-0.39, 0.29) is 11.4 Å². The predicted octanol–water partition coefficient (Wildman–Crippen LogP) is 5.34. The lowest BCUT2D eigenvalue weighted by molar-refractivity contribution is 0.0587. The van der Waals surface area contributed by atoms with Gasteiger partial charge in [0.25, 0.3) is 0 Å². The Morgan fingerprint density at radius 2 is 1.39 bits per heavy atom. The molecule has 0 bridgehead atoms. The Kier molecular flexibility index (Phi) is 7.98. The molecule has 0 aliphatic rings. The highest BCUT2D eigenvalue weighted by atomic mass is 16.5. The number of benzene rings is 4. The van der Waals surface area contributed by atoms with Gasteiger partial charge in [-0.15, -0.1) is 0 Å². The van der Waals surface area contributed by atoms with Gasteiger partial charge in [0.1, 0.15) is 5.75 Å². The molecule has 0 atom stereocenters. The summed E-state index contributed by atoms with van der Waals surface area (Å²) in [4.78, 5) is 31.9. The fourth-order valence-corrected chi connectivity index (χ4v) is 4.71. The van der Waals surface area contributed by atoms with Crippen LogP contribution in [0, 0.1) is 0 Å². The van der Waals surface area contributed by atoms with Gasteiger partial charge in [-0.25, -0.2) is 14.6 Å². The summed E-state index contributed by atoms with van der Waals surface area (Å²) in [6.07, 6.45) is 1.60. The Morgan fingerprint density at radius 1 is 0.739 bits per heavy atom. The molecule has 0 fully saturated rings. The van der Waals surface area contributed by atoms with Crippen LogP contribution in [0.3, 0.4) is 0 Å². The van der Waals surface area contributed by atoms with Crippen LogP contribution in [-0.4, -0.2) is 56.5 Å². The lowest BCUT2D eigenvalue weighted by Crippen LogP contribution is -2.02. The van der Waals surface area contributed by atoms with Crippen LogP contribution in [0.4, 0.5) is 23.0 Å². The molecule has 230 valence electrons. The fraction of sp³-hybridized carbons (Fsp3) is 0.0625. The van der Waals surface area contributed by atoms with Crippen molar-refractivity contribution < 1.29 is 23.8 Å². The van der Waals surface area contributed by atoms with Gasteiger partial charge in [0.2, 0.25) is 11.8 Å². The molecule has 14 nitrogen and oxygen atoms in total. The molecule has 0 radical (unpaired) electrons. The molecule has 3 heterocycles. The number of aromatic nitrogens is 6. The quantitative estimate of drug-likeness (QED) is 0.118. The van der Waals surface area contributed by atoms with Crippen LogP contribution in [0.1, 0.15) is 21.0 Å². The number of carbonyl (C=O) groups excluding carboxylic acids is 2. The number of hydrogen-bond donors (Lipinski definition) is 5. The van der Waals surface area contributed by atoms with Gasteiger partial charge in [0.15, 0.2) is 11.4 Å². The standard InChI is InChI=1S/C23H18N6O3.C9H9N3O2/c1-31-22(30)21-16-12-13(6-8-18(16)28-29-21)26-23-25-11-10-20(27-23)32-19-9-7-17(24)14-4-2-3-5-15(14)19;1-14-9(13)8-6-4-5(10)2-3-7(6)11-12-8/h2-12H,24H2,1H3,(H,28,29)(H,25,26,27);2-4H,10H2,1H3,(H,11,12). The van der Waals surface area contributed by atoms with Gasteiger partial charge in [-0.1, -0.05) is 24.3 Å². The van der Waals surface area contributed by atoms with Crippen molar-refractivity contribution in [3.63, 3.8) is 0 Å². The molecule has 0 saturated carbocycles. The van der Waals surface area contributed by atoms with Gasteiger partial charge >= 0.3 is 11.9 Å². The average molecular weight is 618 g/mol. The number of nitrogen functional groups attached to an aromatic ring is 2. The largest absolute Gasteiger partial charge is 0.464 e. The zero-order chi connectivity index (χ0) is 32.2. The van der Waals surface area contributed by atoms with Crippen LogP contribution in [-0.2, 0) is 9.47 Å². The number of H-pyrrole nitrogens is 2. The van der Waals surface area contributed by atoms with E-state index in [9.17, 15) is 9.59 Å². The van der Waals surface area contributed by atoms with E-state index in [2.05, 4.69) is 40.4 Å². The Hall–Kier alpha value is -6.70. The molecule has 3 aromatic heterocycles. The summed E-state index contributed by atoms with van der Waals surface area (Å²) in [5.74, 6) is 0.362. The van der Waals surface area contributed by atoms with Crippen molar-refractivity contribution in [1.29, 1.82) is 0 Å². The third kappa shape index (κ3) is 5.90. The highest BCUT2D eigenvalue weighted by Gasteiger charge is 2.16. The topological polar surface area (TPSA) is 209 Å². The first kappa shape index (κ1) is 29.4. The number of esters is 2. The summed E-state index contributed by atoms with van der Waals surface area (Å²) in [6, 6.07) is 23.6. The molecule has 7 N–H and O–H groups in total. The number of ether oxygens (including phenoxy) is 3. The molecule has 0 amide bonds. The highest BCUT2D eigenvalue weighted by molar-refractivity contribution is 6.03. The molecule has 0 saturated heterocycles. The van der Waals surface area contributed by atoms with E-state index in [0.717, 1.165) is 16.3 Å². The normalized spacial score (nSPS) is 10.7. The number of nitrogens with zero attached hydrogens (tertiary/aromatic N) is 4. The number of fused-ring (bicyclic) bond motifs is 3. The summed E-state index contributed by atoms with van der Waals surface area (Å²) < 4.78 is 15.4. The molecular formula is C32H27N9O5. The van der Waals surface area contributed by atoms with Crippen LogP contribution in [0.2, 0.25) is 0 Å². The molecule has 4 aromatic carbocycles. The van der Waals surface area contributed by atoms with Crippen molar-refractivity contribution in [2.24, 2.45) is 0 Å². The number of carbonyl (C=O) groups is 2. The predicted molar refractivity (Wildman–Crippen MR) is 173 cm³/mol. The highest BCUT2D eigenvalue weighted by Crippen LogP contribution is 2.33. The Morgan fingerprint density at radius 3 is 2.09 bits per heavy atom. The van der Waals surface area contributed by atoms with Crippen LogP contribution in [0.5, 0.6) is 11.6 Å².